The third kappa shape index (κ3) is 4.25. The number of hydrogen-bond donors (Lipinski definition) is 1. The van der Waals surface area contributed by atoms with Crippen LogP contribution in [0.5, 0.6) is 0 Å². The SMILES string of the molecule is CCCNC(=O)CSC1=NC(=O)C(CC)C(C)=N1. The van der Waals surface area contributed by atoms with E-state index >= 15 is 0 Å². The van der Waals surface area contributed by atoms with Crippen LogP contribution < -0.4 is 5.32 Å². The summed E-state index contributed by atoms with van der Waals surface area (Å²) in [5.41, 5.74) is 0.786. The summed E-state index contributed by atoms with van der Waals surface area (Å²) in [6.07, 6.45) is 1.62. The molecule has 1 aliphatic heterocycles. The normalized spacial score (nSPS) is 19.3. The van der Waals surface area contributed by atoms with Crippen LogP contribution in [0.15, 0.2) is 9.98 Å². The zero-order valence-corrected chi connectivity index (χ0v) is 11.8. The number of aliphatic imine (C=N–C) groups is 2. The first-order valence-corrected chi connectivity index (χ1v) is 7.14. The fourth-order valence-corrected chi connectivity index (χ4v) is 2.31. The number of nitrogens with one attached hydrogen (secondary N) is 1. The van der Waals surface area contributed by atoms with E-state index in [0.29, 0.717) is 18.1 Å². The highest BCUT2D eigenvalue weighted by Crippen LogP contribution is 2.18. The number of carbonyl (C=O) groups excluding carboxylic acids is 2. The predicted octanol–water partition coefficient (Wildman–Crippen LogP) is 1.63. The smallest absolute Gasteiger partial charge is 0.256 e. The van der Waals surface area contributed by atoms with Crippen LogP contribution in [-0.4, -0.2) is 35.0 Å². The van der Waals surface area contributed by atoms with Crippen LogP contribution in [0.2, 0.25) is 0 Å². The van der Waals surface area contributed by atoms with Gasteiger partial charge in [0, 0.05) is 12.3 Å². The molecule has 0 saturated carbocycles. The van der Waals surface area contributed by atoms with Gasteiger partial charge in [0.2, 0.25) is 5.91 Å². The standard InChI is InChI=1S/C12H19N3O2S/c1-4-6-13-10(16)7-18-12-14-8(3)9(5-2)11(17)15-12/h9H,4-7H2,1-3H3,(H,13,16). The summed E-state index contributed by atoms with van der Waals surface area (Å²) in [7, 11) is 0. The first kappa shape index (κ1) is 14.9. The maximum absolute atomic E-state index is 11.7. The topological polar surface area (TPSA) is 70.9 Å². The van der Waals surface area contributed by atoms with Gasteiger partial charge in [0.15, 0.2) is 5.17 Å². The van der Waals surface area contributed by atoms with E-state index in [-0.39, 0.29) is 23.5 Å². The molecule has 0 aromatic heterocycles. The van der Waals surface area contributed by atoms with Crippen LogP contribution in [0, 0.1) is 5.92 Å². The molecule has 1 unspecified atom stereocenters. The molecular formula is C12H19N3O2S. The van der Waals surface area contributed by atoms with Gasteiger partial charge in [0.1, 0.15) is 0 Å². The van der Waals surface area contributed by atoms with Gasteiger partial charge in [-0.05, 0) is 19.8 Å². The summed E-state index contributed by atoms with van der Waals surface area (Å²) in [6.45, 7) is 6.44. The zero-order valence-electron chi connectivity index (χ0n) is 11.0. The molecule has 1 heterocycles. The van der Waals surface area contributed by atoms with E-state index < -0.39 is 0 Å². The summed E-state index contributed by atoms with van der Waals surface area (Å²) in [5, 5.41) is 3.16. The molecule has 18 heavy (non-hydrogen) atoms. The number of amides is 2. The molecule has 0 fully saturated rings. The monoisotopic (exact) mass is 269 g/mol. The molecule has 1 N–H and O–H groups in total. The van der Waals surface area contributed by atoms with Crippen LogP contribution in [0.4, 0.5) is 0 Å². The average Bonchev–Trinajstić information content (AvgIpc) is 2.33. The van der Waals surface area contributed by atoms with Gasteiger partial charge in [0.05, 0.1) is 11.7 Å². The van der Waals surface area contributed by atoms with Crippen molar-refractivity contribution in [1.29, 1.82) is 0 Å². The second kappa shape index (κ2) is 7.31. The van der Waals surface area contributed by atoms with Crippen molar-refractivity contribution in [1.82, 2.24) is 5.32 Å². The summed E-state index contributed by atoms with van der Waals surface area (Å²) in [5.74, 6) is -0.146. The Balaban J connectivity index is 2.49. The summed E-state index contributed by atoms with van der Waals surface area (Å²) in [4.78, 5) is 31.3. The summed E-state index contributed by atoms with van der Waals surface area (Å²) < 4.78 is 0. The fraction of sp³-hybridized carbons (Fsp3) is 0.667. The summed E-state index contributed by atoms with van der Waals surface area (Å²) in [6, 6.07) is 0. The van der Waals surface area contributed by atoms with Gasteiger partial charge in [-0.3, -0.25) is 9.59 Å². The molecule has 2 amide bonds. The van der Waals surface area contributed by atoms with E-state index in [0.717, 1.165) is 12.1 Å². The Labute approximate surface area is 112 Å². The Bertz CT molecular complexity index is 391. The van der Waals surface area contributed by atoms with Gasteiger partial charge >= 0.3 is 0 Å². The third-order valence-corrected chi connectivity index (χ3v) is 3.44. The number of amidine groups is 1. The molecule has 0 aromatic rings. The van der Waals surface area contributed by atoms with Crippen molar-refractivity contribution in [2.75, 3.05) is 12.3 Å². The van der Waals surface area contributed by atoms with Gasteiger partial charge in [0.25, 0.3) is 5.91 Å². The van der Waals surface area contributed by atoms with Crippen LogP contribution in [0.1, 0.15) is 33.6 Å². The molecule has 0 spiro atoms. The molecule has 0 radical (unpaired) electrons. The number of carbonyl (C=O) groups is 2. The Morgan fingerprint density at radius 3 is 2.67 bits per heavy atom. The van der Waals surface area contributed by atoms with Crippen molar-refractivity contribution in [2.24, 2.45) is 15.9 Å². The number of rotatable bonds is 5. The first-order valence-electron chi connectivity index (χ1n) is 6.15. The third-order valence-electron chi connectivity index (χ3n) is 2.59. The highest BCUT2D eigenvalue weighted by Gasteiger charge is 2.24. The molecule has 1 atom stereocenters. The maximum atomic E-state index is 11.7. The molecule has 0 saturated heterocycles. The number of hydrogen-bond acceptors (Lipinski definition) is 4. The van der Waals surface area contributed by atoms with Gasteiger partial charge in [-0.2, -0.15) is 4.99 Å². The molecule has 1 rings (SSSR count). The van der Waals surface area contributed by atoms with Crippen LogP contribution in [0.3, 0.4) is 0 Å². The Morgan fingerprint density at radius 1 is 1.39 bits per heavy atom. The van der Waals surface area contributed by atoms with E-state index in [1.54, 1.807) is 0 Å². The van der Waals surface area contributed by atoms with Gasteiger partial charge in [-0.1, -0.05) is 25.6 Å². The van der Waals surface area contributed by atoms with Crippen molar-refractivity contribution in [3.05, 3.63) is 0 Å². The van der Waals surface area contributed by atoms with Crippen LogP contribution >= 0.6 is 11.8 Å². The highest BCUT2D eigenvalue weighted by atomic mass is 32.2. The van der Waals surface area contributed by atoms with Crippen LogP contribution in [-0.2, 0) is 9.59 Å². The van der Waals surface area contributed by atoms with Gasteiger partial charge in [-0.25, -0.2) is 4.99 Å². The molecular weight excluding hydrogens is 250 g/mol. The lowest BCUT2D eigenvalue weighted by atomic mass is 10.0. The molecule has 5 nitrogen and oxygen atoms in total. The van der Waals surface area contributed by atoms with E-state index in [1.807, 2.05) is 20.8 Å². The minimum atomic E-state index is -0.191. The first-order chi connectivity index (χ1) is 8.58. The maximum Gasteiger partial charge on any atom is 0.256 e. The second-order valence-corrected chi connectivity index (χ2v) is 5.03. The zero-order chi connectivity index (χ0) is 13.5. The van der Waals surface area contributed by atoms with Crippen molar-refractivity contribution in [2.45, 2.75) is 33.6 Å². The van der Waals surface area contributed by atoms with E-state index in [9.17, 15) is 9.59 Å². The number of nitrogens with zero attached hydrogens (tertiary/aromatic N) is 2. The molecule has 0 aliphatic carbocycles. The van der Waals surface area contributed by atoms with E-state index in [1.165, 1.54) is 11.8 Å². The molecule has 100 valence electrons. The number of thioether (sulfide) groups is 1. The van der Waals surface area contributed by atoms with Crippen molar-refractivity contribution in [3.8, 4) is 0 Å². The van der Waals surface area contributed by atoms with Crippen molar-refractivity contribution < 1.29 is 9.59 Å². The molecule has 0 aromatic carbocycles. The lowest BCUT2D eigenvalue weighted by Gasteiger charge is -2.15. The quantitative estimate of drug-likeness (QED) is 0.824. The minimum absolute atomic E-state index is 0.0533. The molecule has 1 aliphatic rings. The minimum Gasteiger partial charge on any atom is -0.355 e. The van der Waals surface area contributed by atoms with Crippen LogP contribution in [0.25, 0.3) is 0 Å². The lowest BCUT2D eigenvalue weighted by molar-refractivity contribution is -0.120. The summed E-state index contributed by atoms with van der Waals surface area (Å²) >= 11 is 1.21. The molecule has 0 bridgehead atoms. The fourth-order valence-electron chi connectivity index (χ4n) is 1.58. The van der Waals surface area contributed by atoms with E-state index in [4.69, 9.17) is 0 Å². The van der Waals surface area contributed by atoms with Gasteiger partial charge in [-0.15, -0.1) is 0 Å². The predicted molar refractivity (Wildman–Crippen MR) is 75.1 cm³/mol. The Hall–Kier alpha value is -1.17. The Kier molecular flexibility index (Phi) is 6.04. The largest absolute Gasteiger partial charge is 0.355 e. The molecule has 6 heteroatoms. The Morgan fingerprint density at radius 2 is 2.11 bits per heavy atom. The second-order valence-electron chi connectivity index (χ2n) is 4.09. The van der Waals surface area contributed by atoms with E-state index in [2.05, 4.69) is 15.3 Å². The lowest BCUT2D eigenvalue weighted by Crippen LogP contribution is -2.28. The highest BCUT2D eigenvalue weighted by molar-refractivity contribution is 8.14. The van der Waals surface area contributed by atoms with Gasteiger partial charge < -0.3 is 5.32 Å². The van der Waals surface area contributed by atoms with Crippen molar-refractivity contribution in [3.63, 3.8) is 0 Å². The average molecular weight is 269 g/mol. The van der Waals surface area contributed by atoms with Crippen molar-refractivity contribution >= 4 is 34.5 Å².